The Hall–Kier alpha value is -2.12. The van der Waals surface area contributed by atoms with Gasteiger partial charge in [-0.15, -0.1) is 11.8 Å². The van der Waals surface area contributed by atoms with Crippen LogP contribution >= 0.6 is 23.4 Å². The maximum atomic E-state index is 12.0. The van der Waals surface area contributed by atoms with Crippen molar-refractivity contribution < 1.29 is 9.21 Å². The van der Waals surface area contributed by atoms with Gasteiger partial charge in [0.2, 0.25) is 5.91 Å². The molecule has 0 atom stereocenters. The molecule has 1 aromatic heterocycles. The van der Waals surface area contributed by atoms with Crippen molar-refractivity contribution in [2.24, 2.45) is 4.99 Å². The Morgan fingerprint density at radius 3 is 2.63 bits per heavy atom. The number of carbonyl (C=O) groups is 1. The molecule has 3 rings (SSSR count). The molecule has 8 heteroatoms. The summed E-state index contributed by atoms with van der Waals surface area (Å²) in [6.07, 6.45) is 4.58. The van der Waals surface area contributed by atoms with Crippen LogP contribution in [0, 0.1) is 0 Å². The van der Waals surface area contributed by atoms with Crippen molar-refractivity contribution in [3.8, 4) is 0 Å². The summed E-state index contributed by atoms with van der Waals surface area (Å²) in [5.41, 5.74) is 0. The quantitative estimate of drug-likeness (QED) is 0.516. The number of aliphatic imine (C=N–C) groups is 1. The van der Waals surface area contributed by atoms with Gasteiger partial charge in [0.15, 0.2) is 5.96 Å². The number of piperidine rings is 1. The van der Waals surface area contributed by atoms with Crippen molar-refractivity contribution in [3.63, 3.8) is 0 Å². The Morgan fingerprint density at radius 1 is 1.27 bits per heavy atom. The molecule has 1 aliphatic heterocycles. The lowest BCUT2D eigenvalue weighted by molar-refractivity contribution is -0.127. The minimum Gasteiger partial charge on any atom is -0.469 e. The third kappa shape index (κ3) is 6.99. The molecule has 1 N–H and O–H groups in total. The molecule has 1 aromatic carbocycles. The van der Waals surface area contributed by atoms with E-state index in [1.54, 1.807) is 25.3 Å². The predicted octanol–water partition coefficient (Wildman–Crippen LogP) is 3.77. The van der Waals surface area contributed by atoms with Gasteiger partial charge in [0, 0.05) is 55.3 Å². The monoisotopic (exact) mass is 448 g/mol. The molecule has 30 heavy (non-hydrogen) atoms. The number of benzene rings is 1. The molecular weight excluding hydrogens is 420 g/mol. The van der Waals surface area contributed by atoms with Crippen LogP contribution < -0.4 is 5.32 Å². The second-order valence-electron chi connectivity index (χ2n) is 7.44. The van der Waals surface area contributed by atoms with Gasteiger partial charge >= 0.3 is 0 Å². The molecule has 1 saturated heterocycles. The van der Waals surface area contributed by atoms with E-state index in [1.165, 1.54) is 4.90 Å². The maximum Gasteiger partial charge on any atom is 0.243 e. The molecule has 0 bridgehead atoms. The highest BCUT2D eigenvalue weighted by Gasteiger charge is 2.22. The highest BCUT2D eigenvalue weighted by atomic mass is 35.5. The van der Waals surface area contributed by atoms with Crippen molar-refractivity contribution in [1.29, 1.82) is 0 Å². The summed E-state index contributed by atoms with van der Waals surface area (Å²) < 4.78 is 5.40. The molecule has 162 valence electrons. The number of rotatable bonds is 7. The predicted molar refractivity (Wildman–Crippen MR) is 123 cm³/mol. The van der Waals surface area contributed by atoms with E-state index >= 15 is 0 Å². The first-order valence-electron chi connectivity index (χ1n) is 10.2. The number of nitrogens with zero attached hydrogens (tertiary/aromatic N) is 3. The number of guanidine groups is 1. The molecule has 0 saturated carbocycles. The van der Waals surface area contributed by atoms with E-state index < -0.39 is 0 Å². The lowest BCUT2D eigenvalue weighted by atomic mass is 10.1. The number of halogens is 1. The number of hydrogen-bond donors (Lipinski definition) is 1. The smallest absolute Gasteiger partial charge is 0.243 e. The summed E-state index contributed by atoms with van der Waals surface area (Å²) in [6.45, 7) is 2.68. The van der Waals surface area contributed by atoms with E-state index in [-0.39, 0.29) is 12.5 Å². The number of nitrogens with one attached hydrogen (secondary N) is 1. The van der Waals surface area contributed by atoms with Crippen molar-refractivity contribution in [2.45, 2.75) is 29.4 Å². The first-order valence-corrected chi connectivity index (χ1v) is 11.4. The molecule has 2 heterocycles. The minimum atomic E-state index is -0.00601. The van der Waals surface area contributed by atoms with Gasteiger partial charge in [-0.2, -0.15) is 0 Å². The van der Waals surface area contributed by atoms with E-state index in [1.807, 2.05) is 36.0 Å². The fourth-order valence-corrected chi connectivity index (χ4v) is 4.45. The van der Waals surface area contributed by atoms with Crippen LogP contribution in [0.3, 0.4) is 0 Å². The Morgan fingerprint density at radius 2 is 2.00 bits per heavy atom. The number of thioether (sulfide) groups is 1. The van der Waals surface area contributed by atoms with E-state index in [2.05, 4.69) is 27.3 Å². The van der Waals surface area contributed by atoms with Gasteiger partial charge in [-0.25, -0.2) is 4.99 Å². The number of likely N-dealkylation sites (tertiary alicyclic amines) is 1. The highest BCUT2D eigenvalue weighted by molar-refractivity contribution is 8.00. The van der Waals surface area contributed by atoms with Gasteiger partial charge in [0.25, 0.3) is 0 Å². The van der Waals surface area contributed by atoms with Crippen LogP contribution in [-0.4, -0.2) is 67.2 Å². The zero-order valence-electron chi connectivity index (χ0n) is 17.5. The van der Waals surface area contributed by atoms with Crippen LogP contribution in [0.25, 0.3) is 0 Å². The van der Waals surface area contributed by atoms with Gasteiger partial charge in [-0.3, -0.25) is 4.79 Å². The molecule has 1 fully saturated rings. The molecule has 2 aromatic rings. The summed E-state index contributed by atoms with van der Waals surface area (Å²) in [6, 6.07) is 11.9. The molecule has 0 radical (unpaired) electrons. The number of hydrogen-bond acceptors (Lipinski definition) is 4. The molecular formula is C22H29ClN4O2S. The van der Waals surface area contributed by atoms with Gasteiger partial charge in [0.05, 0.1) is 6.26 Å². The fraction of sp³-hybridized carbons (Fsp3) is 0.455. The molecule has 6 nitrogen and oxygen atoms in total. The Kier molecular flexibility index (Phi) is 8.51. The third-order valence-electron chi connectivity index (χ3n) is 4.96. The van der Waals surface area contributed by atoms with Crippen molar-refractivity contribution >= 4 is 35.2 Å². The van der Waals surface area contributed by atoms with Crippen LogP contribution in [0.5, 0.6) is 0 Å². The van der Waals surface area contributed by atoms with Crippen LogP contribution in [0.4, 0.5) is 0 Å². The van der Waals surface area contributed by atoms with E-state index in [4.69, 9.17) is 16.0 Å². The lowest BCUT2D eigenvalue weighted by Crippen LogP contribution is -2.47. The first-order chi connectivity index (χ1) is 14.5. The molecule has 1 amide bonds. The van der Waals surface area contributed by atoms with Gasteiger partial charge < -0.3 is 19.5 Å². The summed E-state index contributed by atoms with van der Waals surface area (Å²) in [7, 11) is 3.50. The lowest BCUT2D eigenvalue weighted by Gasteiger charge is -2.34. The standard InChI is InChI=1S/C22H29ClN4O2S/c1-26(2)21(28)16-25-22(24-12-9-18-4-3-15-29-18)27-13-10-20(11-14-27)30-19-7-5-17(23)6-8-19/h3-8,15,20H,9-14,16H2,1-2H3,(H,24,25). The Balaban J connectivity index is 1.55. The van der Waals surface area contributed by atoms with E-state index in [0.717, 1.165) is 49.1 Å². The number of amides is 1. The molecule has 0 aliphatic carbocycles. The van der Waals surface area contributed by atoms with Gasteiger partial charge in [0.1, 0.15) is 12.3 Å². The SMILES string of the molecule is CN(C)C(=O)CN=C(NCCc1ccco1)N1CCC(Sc2ccc(Cl)cc2)CC1. The summed E-state index contributed by atoms with van der Waals surface area (Å²) in [5, 5.41) is 4.75. The number of likely N-dealkylation sites (N-methyl/N-ethyl adjacent to an activating group) is 1. The van der Waals surface area contributed by atoms with Crippen molar-refractivity contribution in [3.05, 3.63) is 53.4 Å². The first kappa shape index (κ1) is 22.6. The topological polar surface area (TPSA) is 61.1 Å². The summed E-state index contributed by atoms with van der Waals surface area (Å²) in [4.78, 5) is 21.7. The zero-order valence-corrected chi connectivity index (χ0v) is 19.1. The number of furan rings is 1. The normalized spacial score (nSPS) is 15.3. The van der Waals surface area contributed by atoms with Crippen LogP contribution in [0.15, 0.2) is 57.0 Å². The Labute approximate surface area is 187 Å². The average Bonchev–Trinajstić information content (AvgIpc) is 3.26. The average molecular weight is 449 g/mol. The van der Waals surface area contributed by atoms with Crippen LogP contribution in [0.2, 0.25) is 5.02 Å². The molecule has 1 aliphatic rings. The summed E-state index contributed by atoms with van der Waals surface area (Å²) in [5.74, 6) is 1.73. The van der Waals surface area contributed by atoms with Crippen molar-refractivity contribution in [2.75, 3.05) is 40.3 Å². The van der Waals surface area contributed by atoms with Crippen molar-refractivity contribution in [1.82, 2.24) is 15.1 Å². The Bertz CT molecular complexity index is 816. The second kappa shape index (κ2) is 11.3. The molecule has 0 unspecified atom stereocenters. The fourth-order valence-electron chi connectivity index (χ4n) is 3.20. The van der Waals surface area contributed by atoms with Crippen LogP contribution in [0.1, 0.15) is 18.6 Å². The summed E-state index contributed by atoms with van der Waals surface area (Å²) >= 11 is 7.89. The third-order valence-corrected chi connectivity index (χ3v) is 6.56. The zero-order chi connectivity index (χ0) is 21.3. The van der Waals surface area contributed by atoms with Gasteiger partial charge in [-0.1, -0.05) is 11.6 Å². The second-order valence-corrected chi connectivity index (χ2v) is 9.25. The minimum absolute atomic E-state index is 0.00601. The highest BCUT2D eigenvalue weighted by Crippen LogP contribution is 2.31. The van der Waals surface area contributed by atoms with E-state index in [0.29, 0.717) is 11.8 Å². The van der Waals surface area contributed by atoms with Crippen LogP contribution in [-0.2, 0) is 11.2 Å². The van der Waals surface area contributed by atoms with Gasteiger partial charge in [-0.05, 0) is 49.2 Å². The number of carbonyl (C=O) groups excluding carboxylic acids is 1. The molecule has 0 spiro atoms. The maximum absolute atomic E-state index is 12.0. The van der Waals surface area contributed by atoms with E-state index in [9.17, 15) is 4.79 Å². The largest absolute Gasteiger partial charge is 0.469 e.